The van der Waals surface area contributed by atoms with Crippen LogP contribution in [-0.2, 0) is 10.8 Å². The molecule has 2 nitrogen and oxygen atoms in total. The lowest BCUT2D eigenvalue weighted by atomic mass is 9.59. The van der Waals surface area contributed by atoms with E-state index >= 15 is 0 Å². The van der Waals surface area contributed by atoms with Crippen LogP contribution in [-0.4, -0.2) is 9.97 Å². The van der Waals surface area contributed by atoms with Crippen LogP contribution in [0.5, 0.6) is 0 Å². The Hall–Kier alpha value is -4.82. The molecule has 1 aliphatic rings. The Labute approximate surface area is 265 Å². The Morgan fingerprint density at radius 1 is 0.444 bits per heavy atom. The Bertz CT molecular complexity index is 2210. The number of fused-ring (bicyclic) bond motifs is 4. The molecule has 1 aliphatic carbocycles. The molecule has 0 fully saturated rings. The van der Waals surface area contributed by atoms with E-state index in [0.29, 0.717) is 0 Å². The van der Waals surface area contributed by atoms with Gasteiger partial charge in [0, 0.05) is 16.7 Å². The third-order valence-electron chi connectivity index (χ3n) is 11.5. The van der Waals surface area contributed by atoms with Crippen LogP contribution in [0.4, 0.5) is 0 Å². The Kier molecular flexibility index (Phi) is 5.90. The van der Waals surface area contributed by atoms with E-state index in [1.54, 1.807) is 0 Å². The molecule has 0 N–H and O–H groups in total. The zero-order valence-electron chi connectivity index (χ0n) is 26.9. The highest BCUT2D eigenvalue weighted by Gasteiger charge is 2.58. The summed E-state index contributed by atoms with van der Waals surface area (Å²) in [6.07, 6.45) is 0. The minimum absolute atomic E-state index is 0.00555. The summed E-state index contributed by atoms with van der Waals surface area (Å²) in [4.78, 5) is 10.9. The van der Waals surface area contributed by atoms with Crippen LogP contribution in [0.2, 0.25) is 0 Å². The molecule has 1 aromatic heterocycles. The van der Waals surface area contributed by atoms with Crippen molar-refractivity contribution >= 4 is 32.3 Å². The summed E-state index contributed by atoms with van der Waals surface area (Å²) in [6, 6.07) is 43.8. The molecule has 45 heavy (non-hydrogen) atoms. The van der Waals surface area contributed by atoms with Gasteiger partial charge >= 0.3 is 0 Å². The highest BCUT2D eigenvalue weighted by atomic mass is 14.9. The molecule has 0 bridgehead atoms. The predicted molar refractivity (Wildman–Crippen MR) is 191 cm³/mol. The van der Waals surface area contributed by atoms with Crippen LogP contribution in [0.25, 0.3) is 66.2 Å². The molecule has 0 atom stereocenters. The van der Waals surface area contributed by atoms with Crippen molar-refractivity contribution in [1.29, 1.82) is 0 Å². The zero-order chi connectivity index (χ0) is 31.1. The summed E-state index contributed by atoms with van der Waals surface area (Å²) >= 11 is 0. The highest BCUT2D eigenvalue weighted by molar-refractivity contribution is 6.00. The molecule has 1 heterocycles. The smallest absolute Gasteiger partial charge is 0.161 e. The van der Waals surface area contributed by atoms with Gasteiger partial charge in [0.25, 0.3) is 0 Å². The molecule has 6 aromatic carbocycles. The molecule has 220 valence electrons. The molecule has 0 saturated heterocycles. The number of aromatic nitrogens is 2. The number of hydrogen-bond donors (Lipinski definition) is 0. The minimum Gasteiger partial charge on any atom is -0.228 e. The molecule has 8 rings (SSSR count). The van der Waals surface area contributed by atoms with Crippen LogP contribution in [0.3, 0.4) is 0 Å². The van der Waals surface area contributed by atoms with Crippen molar-refractivity contribution in [2.45, 2.75) is 52.4 Å². The first-order valence-electron chi connectivity index (χ1n) is 16.0. The van der Waals surface area contributed by atoms with E-state index in [-0.39, 0.29) is 16.2 Å². The van der Waals surface area contributed by atoms with Crippen molar-refractivity contribution in [3.8, 4) is 33.9 Å². The summed E-state index contributed by atoms with van der Waals surface area (Å²) in [7, 11) is 0. The van der Waals surface area contributed by atoms with Gasteiger partial charge in [0.1, 0.15) is 0 Å². The SMILES string of the molecule is CC1(C)c2cc3ccccc3c(-c3nc(-c4ccc5ccccc5c4)cc(-c4ccc5ccccc5c4)n3)c2C(C)(C)C1(C)C. The fourth-order valence-corrected chi connectivity index (χ4v) is 7.70. The monoisotopic (exact) mass is 582 g/mol. The van der Waals surface area contributed by atoms with Crippen LogP contribution in [0, 0.1) is 5.41 Å². The summed E-state index contributed by atoms with van der Waals surface area (Å²) < 4.78 is 0. The molecule has 2 heteroatoms. The quantitative estimate of drug-likeness (QED) is 0.207. The molecular weight excluding hydrogens is 544 g/mol. The lowest BCUT2D eigenvalue weighted by Crippen LogP contribution is -2.42. The van der Waals surface area contributed by atoms with Crippen LogP contribution < -0.4 is 0 Å². The van der Waals surface area contributed by atoms with Crippen LogP contribution in [0.15, 0.2) is 121 Å². The maximum absolute atomic E-state index is 5.45. The normalized spacial score (nSPS) is 16.3. The molecule has 7 aromatic rings. The third kappa shape index (κ3) is 4.01. The average molecular weight is 583 g/mol. The maximum Gasteiger partial charge on any atom is 0.161 e. The van der Waals surface area contributed by atoms with Gasteiger partial charge < -0.3 is 0 Å². The number of benzene rings is 6. The van der Waals surface area contributed by atoms with E-state index in [0.717, 1.165) is 33.9 Å². The first-order chi connectivity index (χ1) is 21.6. The largest absolute Gasteiger partial charge is 0.228 e. The Morgan fingerprint density at radius 3 is 1.49 bits per heavy atom. The average Bonchev–Trinajstić information content (AvgIpc) is 3.16. The molecule has 0 saturated carbocycles. The van der Waals surface area contributed by atoms with E-state index in [2.05, 4.69) is 163 Å². The molecule has 0 unspecified atom stereocenters. The Morgan fingerprint density at radius 2 is 0.933 bits per heavy atom. The lowest BCUT2D eigenvalue weighted by Gasteiger charge is -2.44. The van der Waals surface area contributed by atoms with Crippen LogP contribution in [0.1, 0.15) is 52.7 Å². The van der Waals surface area contributed by atoms with Crippen molar-refractivity contribution in [2.24, 2.45) is 5.41 Å². The standard InChI is InChI=1S/C43H38N2/c1-41(2)35-25-31-17-11-12-18-34(31)38(39(35)42(3,4)43(41,5)6)40-44-36(32-21-19-27-13-7-9-15-29(27)23-32)26-37(45-40)33-22-20-28-14-8-10-16-30(28)24-33/h7-26H,1-6H3. The lowest BCUT2D eigenvalue weighted by molar-refractivity contribution is 0.125. The van der Waals surface area contributed by atoms with Gasteiger partial charge in [0.2, 0.25) is 0 Å². The van der Waals surface area contributed by atoms with Gasteiger partial charge in [0.05, 0.1) is 11.4 Å². The second-order valence-corrected chi connectivity index (χ2v) is 14.4. The van der Waals surface area contributed by atoms with Crippen molar-refractivity contribution < 1.29 is 0 Å². The zero-order valence-corrected chi connectivity index (χ0v) is 26.9. The van der Waals surface area contributed by atoms with Crippen molar-refractivity contribution in [1.82, 2.24) is 9.97 Å². The van der Waals surface area contributed by atoms with Crippen LogP contribution >= 0.6 is 0 Å². The topological polar surface area (TPSA) is 25.8 Å². The first kappa shape index (κ1) is 27.7. The summed E-state index contributed by atoms with van der Waals surface area (Å²) in [5, 5.41) is 7.31. The van der Waals surface area contributed by atoms with Crippen molar-refractivity contribution in [3.05, 3.63) is 132 Å². The van der Waals surface area contributed by atoms with Gasteiger partial charge in [-0.15, -0.1) is 0 Å². The van der Waals surface area contributed by atoms with Crippen molar-refractivity contribution in [3.63, 3.8) is 0 Å². The van der Waals surface area contributed by atoms with Gasteiger partial charge in [-0.1, -0.05) is 145 Å². The van der Waals surface area contributed by atoms with Gasteiger partial charge in [-0.05, 0) is 77.9 Å². The highest BCUT2D eigenvalue weighted by Crippen LogP contribution is 2.64. The van der Waals surface area contributed by atoms with E-state index in [1.807, 2.05) is 0 Å². The summed E-state index contributed by atoms with van der Waals surface area (Å²) in [5.41, 5.74) is 7.84. The van der Waals surface area contributed by atoms with E-state index in [4.69, 9.17) is 9.97 Å². The molecule has 0 radical (unpaired) electrons. The van der Waals surface area contributed by atoms with Crippen molar-refractivity contribution in [2.75, 3.05) is 0 Å². The van der Waals surface area contributed by atoms with Gasteiger partial charge in [-0.25, -0.2) is 9.97 Å². The van der Waals surface area contributed by atoms with Gasteiger partial charge in [0.15, 0.2) is 5.82 Å². The third-order valence-corrected chi connectivity index (χ3v) is 11.5. The molecule has 0 spiro atoms. The second-order valence-electron chi connectivity index (χ2n) is 14.4. The van der Waals surface area contributed by atoms with Gasteiger partial charge in [-0.3, -0.25) is 0 Å². The first-order valence-corrected chi connectivity index (χ1v) is 16.0. The summed E-state index contributed by atoms with van der Waals surface area (Å²) in [5.74, 6) is 0.790. The fourth-order valence-electron chi connectivity index (χ4n) is 7.70. The van der Waals surface area contributed by atoms with E-state index in [1.165, 1.54) is 43.4 Å². The minimum atomic E-state index is -0.114. The fraction of sp³-hybridized carbons (Fsp3) is 0.209. The van der Waals surface area contributed by atoms with Gasteiger partial charge in [-0.2, -0.15) is 0 Å². The maximum atomic E-state index is 5.45. The van der Waals surface area contributed by atoms with E-state index < -0.39 is 0 Å². The van der Waals surface area contributed by atoms with E-state index in [9.17, 15) is 0 Å². The number of rotatable bonds is 3. The second kappa shape index (κ2) is 9.59. The molecule has 0 aliphatic heterocycles. The molecule has 0 amide bonds. The summed E-state index contributed by atoms with van der Waals surface area (Å²) in [6.45, 7) is 14.5. The number of hydrogen-bond acceptors (Lipinski definition) is 2. The predicted octanol–water partition coefficient (Wildman–Crippen LogP) is 11.5. The Balaban J connectivity index is 1.47. The number of nitrogens with zero attached hydrogens (tertiary/aromatic N) is 2. The molecular formula is C43H38N2.